The number of rotatable bonds is 9. The molecule has 0 saturated heterocycles. The highest BCUT2D eigenvalue weighted by atomic mass is 32.2. The van der Waals surface area contributed by atoms with Gasteiger partial charge in [0, 0.05) is 4.90 Å². The van der Waals surface area contributed by atoms with E-state index in [4.69, 9.17) is 0 Å². The second-order valence-electron chi connectivity index (χ2n) is 8.25. The molecule has 1 aliphatic heterocycles. The number of anilines is 1. The maximum absolute atomic E-state index is 13.2. The number of hydrogen-bond acceptors (Lipinski definition) is 3. The van der Waals surface area contributed by atoms with Crippen LogP contribution in [0.5, 0.6) is 0 Å². The first-order valence-electron chi connectivity index (χ1n) is 11.2. The highest BCUT2D eigenvalue weighted by Crippen LogP contribution is 2.42. The first kappa shape index (κ1) is 25.8. The summed E-state index contributed by atoms with van der Waals surface area (Å²) < 4.78 is 38.5. The number of halogens is 3. The number of nitrogens with zero attached hydrogens (tertiary/aromatic N) is 1. The van der Waals surface area contributed by atoms with Crippen LogP contribution in [0.1, 0.15) is 30.9 Å². The molecule has 1 aliphatic rings. The molecule has 0 spiro atoms. The van der Waals surface area contributed by atoms with Crippen LogP contribution in [0.4, 0.5) is 18.9 Å². The first-order chi connectivity index (χ1) is 16.2. The van der Waals surface area contributed by atoms with E-state index in [1.807, 2.05) is 12.1 Å². The van der Waals surface area contributed by atoms with Crippen LogP contribution in [0.2, 0.25) is 0 Å². The molecule has 0 bridgehead atoms. The molecule has 9 heteroatoms. The van der Waals surface area contributed by atoms with Gasteiger partial charge in [-0.2, -0.15) is 13.2 Å². The number of hydrogen-bond donors (Lipinski definition) is 2. The predicted octanol–water partition coefficient (Wildman–Crippen LogP) is 3.62. The number of likely N-dealkylation sites (N-methyl/N-ethyl adjacent to an activating group) is 1. The highest BCUT2D eigenvalue weighted by Gasteiger charge is 2.31. The molecule has 0 saturated carbocycles. The SMILES string of the molecule is CCCC[NH+](C)CCNC(=O)CN1C(=O)C(=Cc2ccc(C(F)(F)F)cc2)Sc2ccccc21. The summed E-state index contributed by atoms with van der Waals surface area (Å²) in [5.74, 6) is -0.614. The summed E-state index contributed by atoms with van der Waals surface area (Å²) in [6.45, 7) is 4.36. The molecule has 0 aliphatic carbocycles. The van der Waals surface area contributed by atoms with Gasteiger partial charge in [-0.3, -0.25) is 14.5 Å². The van der Waals surface area contributed by atoms with Gasteiger partial charge in [0.05, 0.1) is 42.8 Å². The third kappa shape index (κ3) is 6.87. The van der Waals surface area contributed by atoms with Crippen LogP contribution in [0.25, 0.3) is 6.08 Å². The number of unbranched alkanes of at least 4 members (excludes halogenated alkanes) is 1. The highest BCUT2D eigenvalue weighted by molar-refractivity contribution is 8.04. The third-order valence-electron chi connectivity index (χ3n) is 5.50. The smallest absolute Gasteiger partial charge is 0.349 e. The van der Waals surface area contributed by atoms with Gasteiger partial charge in [0.25, 0.3) is 5.91 Å². The number of amides is 2. The van der Waals surface area contributed by atoms with Gasteiger partial charge in [-0.1, -0.05) is 49.4 Å². The minimum atomic E-state index is -4.42. The quantitative estimate of drug-likeness (QED) is 0.526. The van der Waals surface area contributed by atoms with Crippen molar-refractivity contribution in [1.82, 2.24) is 5.32 Å². The average molecular weight is 493 g/mol. The van der Waals surface area contributed by atoms with Gasteiger partial charge in [-0.25, -0.2) is 0 Å². The summed E-state index contributed by atoms with van der Waals surface area (Å²) in [5, 5.41) is 2.89. The van der Waals surface area contributed by atoms with E-state index in [1.54, 1.807) is 18.2 Å². The van der Waals surface area contributed by atoms with Gasteiger partial charge in [-0.05, 0) is 42.3 Å². The summed E-state index contributed by atoms with van der Waals surface area (Å²) in [5.41, 5.74) is 0.372. The lowest BCUT2D eigenvalue weighted by Crippen LogP contribution is -3.09. The number of thioether (sulfide) groups is 1. The van der Waals surface area contributed by atoms with Gasteiger partial charge in [0.1, 0.15) is 6.54 Å². The minimum absolute atomic E-state index is 0.130. The predicted molar refractivity (Wildman–Crippen MR) is 129 cm³/mol. The molecule has 0 radical (unpaired) electrons. The van der Waals surface area contributed by atoms with E-state index in [0.29, 0.717) is 22.7 Å². The molecule has 0 aromatic heterocycles. The number of fused-ring (bicyclic) bond motifs is 1. The van der Waals surface area contributed by atoms with E-state index >= 15 is 0 Å². The Kier molecular flexibility index (Phi) is 8.79. The lowest BCUT2D eigenvalue weighted by Gasteiger charge is -2.29. The van der Waals surface area contributed by atoms with E-state index in [0.717, 1.165) is 43.0 Å². The lowest BCUT2D eigenvalue weighted by atomic mass is 10.1. The molecule has 2 aromatic carbocycles. The molecule has 0 fully saturated rings. The zero-order valence-corrected chi connectivity index (χ0v) is 20.1. The monoisotopic (exact) mass is 492 g/mol. The van der Waals surface area contributed by atoms with Gasteiger partial charge < -0.3 is 10.2 Å². The second-order valence-corrected chi connectivity index (χ2v) is 9.33. The Morgan fingerprint density at radius 3 is 2.50 bits per heavy atom. The number of alkyl halides is 3. The number of carbonyl (C=O) groups excluding carboxylic acids is 2. The topological polar surface area (TPSA) is 53.9 Å². The van der Waals surface area contributed by atoms with Crippen LogP contribution in [0, 0.1) is 0 Å². The van der Waals surface area contributed by atoms with Crippen molar-refractivity contribution in [2.45, 2.75) is 30.8 Å². The van der Waals surface area contributed by atoms with Crippen molar-refractivity contribution in [3.05, 3.63) is 64.6 Å². The van der Waals surface area contributed by atoms with Gasteiger partial charge in [-0.15, -0.1) is 0 Å². The minimum Gasteiger partial charge on any atom is -0.349 e. The zero-order valence-electron chi connectivity index (χ0n) is 19.2. The molecule has 1 heterocycles. The molecule has 182 valence electrons. The molecule has 1 atom stereocenters. The van der Waals surface area contributed by atoms with Crippen LogP contribution >= 0.6 is 11.8 Å². The second kappa shape index (κ2) is 11.6. The summed E-state index contributed by atoms with van der Waals surface area (Å²) in [6, 6.07) is 11.9. The van der Waals surface area contributed by atoms with Crippen molar-refractivity contribution >= 4 is 35.3 Å². The Balaban J connectivity index is 1.72. The van der Waals surface area contributed by atoms with E-state index in [9.17, 15) is 22.8 Å². The van der Waals surface area contributed by atoms with Gasteiger partial charge in [0.2, 0.25) is 5.91 Å². The van der Waals surface area contributed by atoms with Crippen LogP contribution in [-0.4, -0.2) is 45.0 Å². The van der Waals surface area contributed by atoms with Crippen LogP contribution in [0.3, 0.4) is 0 Å². The molecular formula is C25H29F3N3O2S+. The largest absolute Gasteiger partial charge is 0.416 e. The number of nitrogens with one attached hydrogen (secondary N) is 2. The summed E-state index contributed by atoms with van der Waals surface area (Å²) in [6.07, 6.45) is -0.610. The van der Waals surface area contributed by atoms with Crippen LogP contribution in [0.15, 0.2) is 58.3 Å². The van der Waals surface area contributed by atoms with Crippen LogP contribution < -0.4 is 15.1 Å². The zero-order chi connectivity index (χ0) is 24.7. The molecule has 1 unspecified atom stereocenters. The average Bonchev–Trinajstić information content (AvgIpc) is 2.80. The van der Waals surface area contributed by atoms with E-state index < -0.39 is 11.7 Å². The Hall–Kier alpha value is -2.78. The van der Waals surface area contributed by atoms with Crippen LogP contribution in [-0.2, 0) is 15.8 Å². The first-order valence-corrected chi connectivity index (χ1v) is 12.1. The van der Waals surface area contributed by atoms with Crippen molar-refractivity contribution in [2.24, 2.45) is 0 Å². The summed E-state index contributed by atoms with van der Waals surface area (Å²) in [7, 11) is 2.09. The maximum atomic E-state index is 13.2. The number of carbonyl (C=O) groups is 2. The Labute approximate surface area is 202 Å². The van der Waals surface area contributed by atoms with Crippen molar-refractivity contribution in [3.8, 4) is 0 Å². The van der Waals surface area contributed by atoms with Crippen molar-refractivity contribution < 1.29 is 27.7 Å². The Morgan fingerprint density at radius 2 is 1.82 bits per heavy atom. The molecule has 34 heavy (non-hydrogen) atoms. The third-order valence-corrected chi connectivity index (χ3v) is 6.58. The molecular weight excluding hydrogens is 463 g/mol. The fourth-order valence-corrected chi connectivity index (χ4v) is 4.62. The molecule has 2 amide bonds. The fraction of sp³-hybridized carbons (Fsp3) is 0.360. The number of benzene rings is 2. The van der Waals surface area contributed by atoms with Gasteiger partial charge >= 0.3 is 6.18 Å². The molecule has 3 rings (SSSR count). The maximum Gasteiger partial charge on any atom is 0.416 e. The fourth-order valence-electron chi connectivity index (χ4n) is 3.56. The van der Waals surface area contributed by atoms with Crippen molar-refractivity contribution in [1.29, 1.82) is 0 Å². The Bertz CT molecular complexity index is 1040. The lowest BCUT2D eigenvalue weighted by molar-refractivity contribution is -0.878. The van der Waals surface area contributed by atoms with Gasteiger partial charge in [0.15, 0.2) is 0 Å². The van der Waals surface area contributed by atoms with E-state index in [1.165, 1.54) is 33.7 Å². The molecule has 5 nitrogen and oxygen atoms in total. The van der Waals surface area contributed by atoms with E-state index in [-0.39, 0.29) is 18.4 Å². The van der Waals surface area contributed by atoms with E-state index in [2.05, 4.69) is 19.3 Å². The summed E-state index contributed by atoms with van der Waals surface area (Å²) >= 11 is 1.24. The van der Waals surface area contributed by atoms with Crippen molar-refractivity contribution in [3.63, 3.8) is 0 Å². The number of quaternary nitrogens is 1. The normalized spacial score (nSPS) is 15.9. The molecule has 2 aromatic rings. The standard InChI is InChI=1S/C25H28F3N3O2S/c1-3-4-14-30(2)15-13-29-23(32)17-31-20-7-5-6-8-21(20)34-22(24(31)33)16-18-9-11-19(12-10-18)25(26,27)28/h5-12,16H,3-4,13-15,17H2,1-2H3,(H,29,32)/p+1. The van der Waals surface area contributed by atoms with Crippen molar-refractivity contribution in [2.75, 3.05) is 38.1 Å². The Morgan fingerprint density at radius 1 is 1.12 bits per heavy atom. The molecule has 2 N–H and O–H groups in total. The summed E-state index contributed by atoms with van der Waals surface area (Å²) in [4.78, 5) is 29.7. The number of para-hydroxylation sites is 1.